The van der Waals surface area contributed by atoms with Gasteiger partial charge in [0.25, 0.3) is 5.56 Å². The van der Waals surface area contributed by atoms with Crippen molar-refractivity contribution in [1.29, 1.82) is 0 Å². The molecule has 1 heterocycles. The largest absolute Gasteiger partial charge is 0.284 e. The number of fused-ring (bicyclic) bond motifs is 1. The molecule has 108 valence electrons. The molecule has 0 radical (unpaired) electrons. The number of rotatable bonds is 3. The molecule has 1 saturated carbocycles. The number of thioether (sulfide) groups is 1. The van der Waals surface area contributed by atoms with Crippen molar-refractivity contribution < 1.29 is 0 Å². The van der Waals surface area contributed by atoms with Crippen LogP contribution in [0.1, 0.15) is 38.1 Å². The zero-order valence-electron chi connectivity index (χ0n) is 11.9. The molecule has 1 aromatic heterocycles. The van der Waals surface area contributed by atoms with Crippen LogP contribution in [0.15, 0.2) is 34.2 Å². The van der Waals surface area contributed by atoms with Crippen LogP contribution in [0.3, 0.4) is 0 Å². The number of para-hydroxylation sites is 1. The molecule has 0 aliphatic heterocycles. The highest BCUT2D eigenvalue weighted by Crippen LogP contribution is 2.30. The smallest absolute Gasteiger partial charge is 0.262 e. The lowest BCUT2D eigenvalue weighted by molar-refractivity contribution is 0.326. The second kappa shape index (κ2) is 6.36. The fraction of sp³-hybridized carbons (Fsp3) is 0.412. The van der Waals surface area contributed by atoms with E-state index in [0.29, 0.717) is 11.1 Å². The average Bonchev–Trinajstić information content (AvgIpc) is 2.54. The molecule has 3 rings (SSSR count). The van der Waals surface area contributed by atoms with E-state index in [1.807, 2.05) is 28.8 Å². The Hall–Kier alpha value is -1.73. The molecule has 1 aliphatic carbocycles. The number of hydrogen-bond donors (Lipinski definition) is 0. The van der Waals surface area contributed by atoms with Gasteiger partial charge in [-0.3, -0.25) is 9.36 Å². The number of aromatic nitrogens is 2. The molecule has 4 heteroatoms. The van der Waals surface area contributed by atoms with Crippen molar-refractivity contribution >= 4 is 22.7 Å². The number of benzene rings is 1. The third-order valence-electron chi connectivity index (χ3n) is 4.00. The Labute approximate surface area is 128 Å². The molecular formula is C17H18N2OS. The fourth-order valence-electron chi connectivity index (χ4n) is 2.99. The Balaban J connectivity index is 2.15. The highest BCUT2D eigenvalue weighted by molar-refractivity contribution is 7.99. The Morgan fingerprint density at radius 3 is 2.81 bits per heavy atom. The lowest BCUT2D eigenvalue weighted by atomic mass is 9.95. The van der Waals surface area contributed by atoms with E-state index in [0.717, 1.165) is 23.5 Å². The first kappa shape index (κ1) is 14.2. The summed E-state index contributed by atoms with van der Waals surface area (Å²) < 4.78 is 1.89. The van der Waals surface area contributed by atoms with Crippen LogP contribution in [0.4, 0.5) is 0 Å². The van der Waals surface area contributed by atoms with E-state index in [9.17, 15) is 4.79 Å². The van der Waals surface area contributed by atoms with Gasteiger partial charge in [0.2, 0.25) is 0 Å². The summed E-state index contributed by atoms with van der Waals surface area (Å²) in [5.41, 5.74) is 0.834. The summed E-state index contributed by atoms with van der Waals surface area (Å²) in [6.07, 6.45) is 11.1. The number of terminal acetylenes is 1. The van der Waals surface area contributed by atoms with Crippen LogP contribution < -0.4 is 5.56 Å². The molecule has 1 aliphatic rings. The molecule has 3 nitrogen and oxygen atoms in total. The predicted octanol–water partition coefficient (Wildman–Crippen LogP) is 3.63. The van der Waals surface area contributed by atoms with Crippen molar-refractivity contribution in [3.05, 3.63) is 34.6 Å². The Morgan fingerprint density at radius 1 is 1.29 bits per heavy atom. The van der Waals surface area contributed by atoms with Crippen LogP contribution in [0, 0.1) is 12.3 Å². The molecule has 0 spiro atoms. The van der Waals surface area contributed by atoms with E-state index in [2.05, 4.69) is 10.9 Å². The Morgan fingerprint density at radius 2 is 2.05 bits per heavy atom. The van der Waals surface area contributed by atoms with Gasteiger partial charge >= 0.3 is 0 Å². The third kappa shape index (κ3) is 2.84. The lowest BCUT2D eigenvalue weighted by Crippen LogP contribution is -2.29. The van der Waals surface area contributed by atoms with Gasteiger partial charge in [-0.15, -0.1) is 6.42 Å². The molecular weight excluding hydrogens is 280 g/mol. The predicted molar refractivity (Wildman–Crippen MR) is 87.7 cm³/mol. The third-order valence-corrected chi connectivity index (χ3v) is 4.86. The molecule has 1 aromatic carbocycles. The van der Waals surface area contributed by atoms with Crippen molar-refractivity contribution in [2.75, 3.05) is 5.75 Å². The SMILES string of the molecule is C#CCSc1nc2ccccc2c(=O)n1C1CCCCC1. The van der Waals surface area contributed by atoms with Gasteiger partial charge in [0, 0.05) is 6.04 Å². The standard InChI is InChI=1S/C17H18N2OS/c1-2-12-21-17-18-15-11-7-6-10-14(15)16(20)19(17)13-8-4-3-5-9-13/h1,6-7,10-11,13H,3-5,8-9,12H2. The minimum Gasteiger partial charge on any atom is -0.284 e. The summed E-state index contributed by atoms with van der Waals surface area (Å²) in [5, 5.41) is 1.47. The monoisotopic (exact) mass is 298 g/mol. The van der Waals surface area contributed by atoms with Crippen molar-refractivity contribution in [3.8, 4) is 12.3 Å². The van der Waals surface area contributed by atoms with Crippen molar-refractivity contribution in [3.63, 3.8) is 0 Å². The van der Waals surface area contributed by atoms with Gasteiger partial charge in [-0.05, 0) is 25.0 Å². The molecule has 0 N–H and O–H groups in total. The minimum atomic E-state index is 0.0759. The summed E-state index contributed by atoms with van der Waals surface area (Å²) in [6.45, 7) is 0. The Kier molecular flexibility index (Phi) is 4.31. The van der Waals surface area contributed by atoms with Crippen LogP contribution in [0.2, 0.25) is 0 Å². The Bertz CT molecular complexity index is 739. The van der Waals surface area contributed by atoms with Crippen LogP contribution in [0.25, 0.3) is 10.9 Å². The fourth-order valence-corrected chi connectivity index (χ4v) is 3.74. The zero-order chi connectivity index (χ0) is 14.7. The molecule has 0 unspecified atom stereocenters. The van der Waals surface area contributed by atoms with Gasteiger partial charge in [0.05, 0.1) is 16.7 Å². The summed E-state index contributed by atoms with van der Waals surface area (Å²) >= 11 is 1.49. The van der Waals surface area contributed by atoms with E-state index >= 15 is 0 Å². The summed E-state index contributed by atoms with van der Waals surface area (Å²) in [5.74, 6) is 3.16. The first-order chi connectivity index (χ1) is 10.3. The maximum Gasteiger partial charge on any atom is 0.262 e. The topological polar surface area (TPSA) is 34.9 Å². The summed E-state index contributed by atoms with van der Waals surface area (Å²) in [4.78, 5) is 17.5. The molecule has 21 heavy (non-hydrogen) atoms. The molecule has 0 atom stereocenters. The lowest BCUT2D eigenvalue weighted by Gasteiger charge is -2.26. The van der Waals surface area contributed by atoms with E-state index in [-0.39, 0.29) is 11.6 Å². The van der Waals surface area contributed by atoms with Gasteiger partial charge in [0.15, 0.2) is 5.16 Å². The van der Waals surface area contributed by atoms with Crippen molar-refractivity contribution in [1.82, 2.24) is 9.55 Å². The zero-order valence-corrected chi connectivity index (χ0v) is 12.7. The average molecular weight is 298 g/mol. The van der Waals surface area contributed by atoms with Crippen molar-refractivity contribution in [2.24, 2.45) is 0 Å². The maximum atomic E-state index is 12.9. The van der Waals surface area contributed by atoms with Crippen molar-refractivity contribution in [2.45, 2.75) is 43.3 Å². The van der Waals surface area contributed by atoms with Gasteiger partial charge in [-0.25, -0.2) is 4.98 Å². The maximum absolute atomic E-state index is 12.9. The van der Waals surface area contributed by atoms with Crippen LogP contribution in [-0.2, 0) is 0 Å². The normalized spacial score (nSPS) is 16.0. The minimum absolute atomic E-state index is 0.0759. The quantitative estimate of drug-likeness (QED) is 0.493. The molecule has 0 bridgehead atoms. The summed E-state index contributed by atoms with van der Waals surface area (Å²) in [6, 6.07) is 7.82. The van der Waals surface area contributed by atoms with Gasteiger partial charge in [-0.2, -0.15) is 0 Å². The van der Waals surface area contributed by atoms with E-state index in [1.165, 1.54) is 31.0 Å². The number of nitrogens with zero attached hydrogens (tertiary/aromatic N) is 2. The van der Waals surface area contributed by atoms with Gasteiger partial charge < -0.3 is 0 Å². The van der Waals surface area contributed by atoms with Crippen LogP contribution in [0.5, 0.6) is 0 Å². The first-order valence-corrected chi connectivity index (χ1v) is 8.37. The van der Waals surface area contributed by atoms with E-state index in [1.54, 1.807) is 0 Å². The molecule has 2 aromatic rings. The molecule has 0 saturated heterocycles. The second-order valence-corrected chi connectivity index (χ2v) is 6.31. The highest BCUT2D eigenvalue weighted by Gasteiger charge is 2.21. The second-order valence-electron chi connectivity index (χ2n) is 5.37. The number of hydrogen-bond acceptors (Lipinski definition) is 3. The molecule has 1 fully saturated rings. The summed E-state index contributed by atoms with van der Waals surface area (Å²) in [7, 11) is 0. The van der Waals surface area contributed by atoms with Crippen LogP contribution >= 0.6 is 11.8 Å². The molecule has 0 amide bonds. The van der Waals surface area contributed by atoms with E-state index in [4.69, 9.17) is 6.42 Å². The van der Waals surface area contributed by atoms with Gasteiger partial charge in [0.1, 0.15) is 0 Å². The van der Waals surface area contributed by atoms with E-state index < -0.39 is 0 Å². The van der Waals surface area contributed by atoms with Crippen LogP contribution in [-0.4, -0.2) is 15.3 Å². The highest BCUT2D eigenvalue weighted by atomic mass is 32.2. The van der Waals surface area contributed by atoms with Gasteiger partial charge in [-0.1, -0.05) is 49.1 Å². The first-order valence-electron chi connectivity index (χ1n) is 7.39.